The van der Waals surface area contributed by atoms with E-state index in [0.717, 1.165) is 0 Å². The molecule has 0 aliphatic heterocycles. The highest BCUT2D eigenvalue weighted by molar-refractivity contribution is 7.99. The molecule has 0 saturated heterocycles. The van der Waals surface area contributed by atoms with Gasteiger partial charge in [-0.1, -0.05) is 29.4 Å². The van der Waals surface area contributed by atoms with Crippen LogP contribution >= 0.6 is 23.4 Å². The molecule has 1 aromatic heterocycles. The van der Waals surface area contributed by atoms with Crippen LogP contribution in [0.2, 0.25) is 0 Å². The summed E-state index contributed by atoms with van der Waals surface area (Å²) in [5.74, 6) is 0.872. The van der Waals surface area contributed by atoms with Gasteiger partial charge in [0.1, 0.15) is 5.82 Å². The first kappa shape index (κ1) is 10.1. The van der Waals surface area contributed by atoms with Crippen molar-refractivity contribution in [1.29, 1.82) is 0 Å². The van der Waals surface area contributed by atoms with Crippen molar-refractivity contribution in [2.45, 2.75) is 5.16 Å². The molecule has 0 aliphatic rings. The zero-order valence-electron chi connectivity index (χ0n) is 6.66. The molecule has 4 nitrogen and oxygen atoms in total. The van der Waals surface area contributed by atoms with E-state index in [-0.39, 0.29) is 11.4 Å². The van der Waals surface area contributed by atoms with E-state index < -0.39 is 0 Å². The molecule has 0 spiro atoms. The van der Waals surface area contributed by atoms with Crippen LogP contribution in [-0.2, 0) is 0 Å². The van der Waals surface area contributed by atoms with Gasteiger partial charge in [0.25, 0.3) is 5.56 Å². The second kappa shape index (κ2) is 4.94. The number of hydrogen-bond donors (Lipinski definition) is 2. The molecular formula is C7H8ClN3OS. The van der Waals surface area contributed by atoms with Gasteiger partial charge < -0.3 is 10.7 Å². The van der Waals surface area contributed by atoms with Crippen LogP contribution in [0.1, 0.15) is 0 Å². The predicted octanol–water partition coefficient (Wildman–Crippen LogP) is 1.20. The minimum Gasteiger partial charge on any atom is -0.383 e. The van der Waals surface area contributed by atoms with Crippen LogP contribution in [-0.4, -0.2) is 15.7 Å². The van der Waals surface area contributed by atoms with Crippen LogP contribution in [0, 0.1) is 0 Å². The smallest absolute Gasteiger partial charge is 0.253 e. The van der Waals surface area contributed by atoms with Gasteiger partial charge >= 0.3 is 0 Å². The molecule has 0 aliphatic carbocycles. The van der Waals surface area contributed by atoms with Gasteiger partial charge in [0.2, 0.25) is 0 Å². The lowest BCUT2D eigenvalue weighted by Gasteiger charge is -1.97. The van der Waals surface area contributed by atoms with Crippen LogP contribution in [0.5, 0.6) is 0 Å². The number of rotatable bonds is 3. The summed E-state index contributed by atoms with van der Waals surface area (Å²) in [7, 11) is 0. The van der Waals surface area contributed by atoms with Crippen molar-refractivity contribution in [2.75, 3.05) is 11.5 Å². The molecule has 0 bridgehead atoms. The fraction of sp³-hybridized carbons (Fsp3) is 0.143. The summed E-state index contributed by atoms with van der Waals surface area (Å²) in [6.45, 7) is 0. The Labute approximate surface area is 84.2 Å². The van der Waals surface area contributed by atoms with Crippen molar-refractivity contribution in [3.63, 3.8) is 0 Å². The SMILES string of the molecule is Nc1cc(=O)[nH]c(SC/C=C/Cl)n1. The maximum atomic E-state index is 10.9. The first-order chi connectivity index (χ1) is 6.22. The summed E-state index contributed by atoms with van der Waals surface area (Å²) in [4.78, 5) is 17.4. The molecule has 3 N–H and O–H groups in total. The summed E-state index contributed by atoms with van der Waals surface area (Å²) in [6.07, 6.45) is 1.75. The molecule has 0 unspecified atom stereocenters. The number of nitrogens with one attached hydrogen (secondary N) is 1. The summed E-state index contributed by atoms with van der Waals surface area (Å²) in [5, 5.41) is 0.500. The number of aromatic nitrogens is 2. The molecule has 0 saturated carbocycles. The van der Waals surface area contributed by atoms with E-state index >= 15 is 0 Å². The molecule has 0 fully saturated rings. The normalized spacial score (nSPS) is 10.8. The Morgan fingerprint density at radius 3 is 3.15 bits per heavy atom. The highest BCUT2D eigenvalue weighted by Gasteiger charge is 1.97. The third kappa shape index (κ3) is 3.52. The van der Waals surface area contributed by atoms with Crippen LogP contribution in [0.25, 0.3) is 0 Å². The molecule has 1 heterocycles. The predicted molar refractivity (Wildman–Crippen MR) is 55.0 cm³/mol. The number of H-pyrrole nitrogens is 1. The summed E-state index contributed by atoms with van der Waals surface area (Å²) >= 11 is 6.67. The largest absolute Gasteiger partial charge is 0.383 e. The Morgan fingerprint density at radius 1 is 1.77 bits per heavy atom. The minimum absolute atomic E-state index is 0.223. The second-order valence-electron chi connectivity index (χ2n) is 2.15. The van der Waals surface area contributed by atoms with E-state index in [4.69, 9.17) is 17.3 Å². The van der Waals surface area contributed by atoms with Gasteiger partial charge in [0, 0.05) is 17.4 Å². The number of aromatic amines is 1. The lowest BCUT2D eigenvalue weighted by molar-refractivity contribution is 0.947. The molecule has 6 heteroatoms. The average Bonchev–Trinajstić information content (AvgIpc) is 2.03. The summed E-state index contributed by atoms with van der Waals surface area (Å²) in [6, 6.07) is 1.24. The van der Waals surface area contributed by atoms with E-state index in [0.29, 0.717) is 10.9 Å². The highest BCUT2D eigenvalue weighted by Crippen LogP contribution is 2.11. The number of halogens is 1. The average molecular weight is 218 g/mol. The van der Waals surface area contributed by atoms with E-state index in [1.165, 1.54) is 23.4 Å². The van der Waals surface area contributed by atoms with Crippen molar-refractivity contribution >= 4 is 29.2 Å². The van der Waals surface area contributed by atoms with Gasteiger partial charge in [0.15, 0.2) is 5.16 Å². The third-order valence-corrected chi connectivity index (χ3v) is 2.15. The molecular weight excluding hydrogens is 210 g/mol. The Balaban J connectivity index is 2.72. The molecule has 0 atom stereocenters. The topological polar surface area (TPSA) is 71.8 Å². The lowest BCUT2D eigenvalue weighted by atomic mass is 10.6. The number of thioether (sulfide) groups is 1. The van der Waals surface area contributed by atoms with Gasteiger partial charge in [-0.3, -0.25) is 4.79 Å². The number of anilines is 1. The second-order valence-corrected chi connectivity index (χ2v) is 3.41. The van der Waals surface area contributed by atoms with Crippen LogP contribution in [0.3, 0.4) is 0 Å². The number of nitrogens with zero attached hydrogens (tertiary/aromatic N) is 1. The summed E-state index contributed by atoms with van der Waals surface area (Å²) in [5.41, 5.74) is 6.54. The van der Waals surface area contributed by atoms with Crippen molar-refractivity contribution in [3.8, 4) is 0 Å². The molecule has 0 radical (unpaired) electrons. The molecule has 70 valence electrons. The standard InChI is InChI=1S/C7H8ClN3OS/c8-2-1-3-13-7-10-5(9)4-6(12)11-7/h1-2,4H,3H2,(H3,9,10,11,12)/b2-1+. The van der Waals surface area contributed by atoms with Crippen LogP contribution in [0.15, 0.2) is 27.6 Å². The quantitative estimate of drug-likeness (QED) is 0.590. The van der Waals surface area contributed by atoms with E-state index in [2.05, 4.69) is 9.97 Å². The van der Waals surface area contributed by atoms with Gasteiger partial charge in [-0.25, -0.2) is 4.98 Å². The molecule has 13 heavy (non-hydrogen) atoms. The van der Waals surface area contributed by atoms with Gasteiger partial charge in [0.05, 0.1) is 0 Å². The molecule has 1 aromatic rings. The summed E-state index contributed by atoms with van der Waals surface area (Å²) < 4.78 is 0. The zero-order chi connectivity index (χ0) is 9.68. The van der Waals surface area contributed by atoms with Crippen molar-refractivity contribution < 1.29 is 0 Å². The highest BCUT2D eigenvalue weighted by atomic mass is 35.5. The van der Waals surface area contributed by atoms with Crippen LogP contribution in [0.4, 0.5) is 5.82 Å². The Bertz CT molecular complexity index is 363. The maximum absolute atomic E-state index is 10.9. The van der Waals surface area contributed by atoms with E-state index in [1.54, 1.807) is 6.08 Å². The first-order valence-electron chi connectivity index (χ1n) is 3.47. The maximum Gasteiger partial charge on any atom is 0.253 e. The van der Waals surface area contributed by atoms with Gasteiger partial charge in [-0.2, -0.15) is 0 Å². The number of nitrogen functional groups attached to an aromatic ring is 1. The van der Waals surface area contributed by atoms with Crippen LogP contribution < -0.4 is 11.3 Å². The molecule has 0 amide bonds. The lowest BCUT2D eigenvalue weighted by Crippen LogP contribution is -2.09. The van der Waals surface area contributed by atoms with Gasteiger partial charge in [-0.05, 0) is 0 Å². The fourth-order valence-electron chi connectivity index (χ4n) is 0.685. The Kier molecular flexibility index (Phi) is 3.85. The van der Waals surface area contributed by atoms with E-state index in [9.17, 15) is 4.79 Å². The monoisotopic (exact) mass is 217 g/mol. The fourth-order valence-corrected chi connectivity index (χ4v) is 1.57. The molecule has 0 aromatic carbocycles. The van der Waals surface area contributed by atoms with Crippen molar-refractivity contribution in [3.05, 3.63) is 28.0 Å². The number of nitrogens with two attached hydrogens (primary N) is 1. The minimum atomic E-state index is -0.246. The van der Waals surface area contributed by atoms with E-state index in [1.807, 2.05) is 0 Å². The Morgan fingerprint density at radius 2 is 2.54 bits per heavy atom. The Hall–Kier alpha value is -0.940. The van der Waals surface area contributed by atoms with Crippen molar-refractivity contribution in [1.82, 2.24) is 9.97 Å². The number of hydrogen-bond acceptors (Lipinski definition) is 4. The third-order valence-electron chi connectivity index (χ3n) is 1.15. The first-order valence-corrected chi connectivity index (χ1v) is 4.89. The van der Waals surface area contributed by atoms with Crippen molar-refractivity contribution in [2.24, 2.45) is 0 Å². The zero-order valence-corrected chi connectivity index (χ0v) is 8.23. The molecule has 1 rings (SSSR count). The van der Waals surface area contributed by atoms with Gasteiger partial charge in [-0.15, -0.1) is 0 Å².